The molecule has 0 spiro atoms. The van der Waals surface area contributed by atoms with Crippen molar-refractivity contribution in [3.63, 3.8) is 0 Å². The van der Waals surface area contributed by atoms with Gasteiger partial charge in [0.05, 0.1) is 29.4 Å². The van der Waals surface area contributed by atoms with Crippen LogP contribution in [0, 0.1) is 0 Å². The molecule has 34 heavy (non-hydrogen) atoms. The maximum Gasteiger partial charge on any atom is 0.416 e. The van der Waals surface area contributed by atoms with Gasteiger partial charge in [-0.25, -0.2) is 0 Å². The second-order valence-electron chi connectivity index (χ2n) is 8.68. The first-order valence-electron chi connectivity index (χ1n) is 10.6. The third-order valence-electron chi connectivity index (χ3n) is 6.33. The Labute approximate surface area is 192 Å². The number of aliphatic hydroxyl groups is 1. The zero-order chi connectivity index (χ0) is 25.4. The van der Waals surface area contributed by atoms with Crippen LogP contribution in [-0.4, -0.2) is 29.6 Å². The normalized spacial score (nSPS) is 24.6. The summed E-state index contributed by atoms with van der Waals surface area (Å²) in [6, 6.07) is 10.3. The topological polar surface area (TPSA) is 58.6 Å². The number of rotatable bonds is 6. The molecule has 3 atom stereocenters. The van der Waals surface area contributed by atoms with Crippen molar-refractivity contribution in [2.24, 2.45) is 0 Å². The van der Waals surface area contributed by atoms with Gasteiger partial charge < -0.3 is 15.2 Å². The quantitative estimate of drug-likeness (QED) is 0.534. The molecule has 1 fully saturated rings. The van der Waals surface area contributed by atoms with Crippen molar-refractivity contribution >= 4 is 5.78 Å². The van der Waals surface area contributed by atoms with Crippen LogP contribution in [0.25, 0.3) is 0 Å². The highest BCUT2D eigenvalue weighted by Crippen LogP contribution is 2.39. The van der Waals surface area contributed by atoms with E-state index in [0.717, 1.165) is 5.56 Å². The lowest BCUT2D eigenvalue weighted by Crippen LogP contribution is -2.60. The van der Waals surface area contributed by atoms with Gasteiger partial charge in [-0.2, -0.15) is 26.3 Å². The van der Waals surface area contributed by atoms with Gasteiger partial charge >= 0.3 is 12.4 Å². The van der Waals surface area contributed by atoms with E-state index < -0.39 is 46.5 Å². The van der Waals surface area contributed by atoms with Crippen LogP contribution in [0.4, 0.5) is 26.3 Å². The summed E-state index contributed by atoms with van der Waals surface area (Å²) in [5.41, 5.74) is -4.78. The molecule has 10 heteroatoms. The molecule has 1 unspecified atom stereocenters. The van der Waals surface area contributed by atoms with Gasteiger partial charge in [0.25, 0.3) is 0 Å². The molecule has 0 radical (unpaired) electrons. The van der Waals surface area contributed by atoms with Gasteiger partial charge in [0.1, 0.15) is 5.60 Å². The van der Waals surface area contributed by atoms with Crippen molar-refractivity contribution in [2.75, 3.05) is 13.2 Å². The molecule has 0 amide bonds. The lowest BCUT2D eigenvalue weighted by Gasteiger charge is -2.44. The van der Waals surface area contributed by atoms with E-state index in [0.29, 0.717) is 12.1 Å². The van der Waals surface area contributed by atoms with Gasteiger partial charge in [-0.3, -0.25) is 4.79 Å². The van der Waals surface area contributed by atoms with Crippen LogP contribution in [0.3, 0.4) is 0 Å². The molecule has 186 valence electrons. The molecule has 4 nitrogen and oxygen atoms in total. The van der Waals surface area contributed by atoms with Crippen molar-refractivity contribution in [3.05, 3.63) is 70.8 Å². The summed E-state index contributed by atoms with van der Waals surface area (Å²) >= 11 is 0. The summed E-state index contributed by atoms with van der Waals surface area (Å²) in [5.74, 6) is -0.403. The average molecular weight is 489 g/mol. The van der Waals surface area contributed by atoms with Gasteiger partial charge in [-0.05, 0) is 56.0 Å². The van der Waals surface area contributed by atoms with Crippen LogP contribution in [0.1, 0.15) is 55.0 Å². The molecule has 1 saturated heterocycles. The zero-order valence-corrected chi connectivity index (χ0v) is 18.6. The number of Topliss-reactive ketones (excluding diaryl/α,β-unsaturated/α-hetero) is 1. The molecule has 2 aromatic rings. The van der Waals surface area contributed by atoms with Crippen molar-refractivity contribution in [2.45, 2.75) is 56.3 Å². The standard InChI is InChI=1S/C24H25F6NO3/c1-15(17-10-19(23(25,26)27)12-20(11-17)24(28,29)30)34-14-21(18-6-4-3-5-7-18)8-9-22(33,13-31-21)16(2)32/h3-7,10-12,15,31,33H,8-9,13-14H2,1-2H3/t15-,21-,22?/m1/s1. The summed E-state index contributed by atoms with van der Waals surface area (Å²) < 4.78 is 85.2. The molecular formula is C24H25F6NO3. The Kier molecular flexibility index (Phi) is 7.17. The summed E-state index contributed by atoms with van der Waals surface area (Å²) in [6.07, 6.45) is -10.6. The Balaban J connectivity index is 1.89. The predicted molar refractivity (Wildman–Crippen MR) is 112 cm³/mol. The first kappa shape index (κ1) is 26.2. The van der Waals surface area contributed by atoms with Crippen LogP contribution in [0.15, 0.2) is 48.5 Å². The first-order valence-corrected chi connectivity index (χ1v) is 10.6. The van der Waals surface area contributed by atoms with E-state index in [1.807, 2.05) is 0 Å². The molecule has 2 N–H and O–H groups in total. The summed E-state index contributed by atoms with van der Waals surface area (Å²) in [4.78, 5) is 11.8. The minimum Gasteiger partial charge on any atom is -0.381 e. The molecule has 0 aromatic heterocycles. The fourth-order valence-electron chi connectivity index (χ4n) is 4.00. The van der Waals surface area contributed by atoms with E-state index in [2.05, 4.69) is 5.32 Å². The van der Waals surface area contributed by atoms with Crippen LogP contribution >= 0.6 is 0 Å². The van der Waals surface area contributed by atoms with E-state index in [-0.39, 0.29) is 37.6 Å². The number of hydrogen-bond donors (Lipinski definition) is 2. The van der Waals surface area contributed by atoms with E-state index in [1.54, 1.807) is 30.3 Å². The number of nitrogens with one attached hydrogen (secondary N) is 1. The SMILES string of the molecule is CC(=O)C1(O)CC[C@@](CO[C@H](C)c2cc(C(F)(F)F)cc(C(F)(F)F)c2)(c2ccccc2)NC1. The minimum atomic E-state index is -4.96. The summed E-state index contributed by atoms with van der Waals surface area (Å²) in [7, 11) is 0. The minimum absolute atomic E-state index is 0.0727. The molecule has 1 aliphatic rings. The number of ketones is 1. The third-order valence-corrected chi connectivity index (χ3v) is 6.33. The van der Waals surface area contributed by atoms with Crippen molar-refractivity contribution in [1.82, 2.24) is 5.32 Å². The van der Waals surface area contributed by atoms with Crippen LogP contribution < -0.4 is 5.32 Å². The number of piperidine rings is 1. The van der Waals surface area contributed by atoms with E-state index >= 15 is 0 Å². The number of ether oxygens (including phenoxy) is 1. The van der Waals surface area contributed by atoms with Crippen molar-refractivity contribution < 1.29 is 41.0 Å². The Morgan fingerprint density at radius 3 is 2.03 bits per heavy atom. The number of carbonyl (C=O) groups excluding carboxylic acids is 1. The fourth-order valence-corrected chi connectivity index (χ4v) is 4.00. The van der Waals surface area contributed by atoms with Gasteiger partial charge in [0, 0.05) is 6.54 Å². The van der Waals surface area contributed by atoms with Gasteiger partial charge in [-0.15, -0.1) is 0 Å². The second-order valence-corrected chi connectivity index (χ2v) is 8.68. The fraction of sp³-hybridized carbons (Fsp3) is 0.458. The van der Waals surface area contributed by atoms with Crippen molar-refractivity contribution in [1.29, 1.82) is 0 Å². The highest BCUT2D eigenvalue weighted by atomic mass is 19.4. The van der Waals surface area contributed by atoms with Crippen molar-refractivity contribution in [3.8, 4) is 0 Å². The second kappa shape index (κ2) is 9.31. The molecule has 0 saturated carbocycles. The van der Waals surface area contributed by atoms with Crippen LogP contribution in [0.2, 0.25) is 0 Å². The molecule has 1 heterocycles. The van der Waals surface area contributed by atoms with Crippen LogP contribution in [-0.2, 0) is 27.4 Å². The summed E-state index contributed by atoms with van der Waals surface area (Å²) in [5, 5.41) is 13.7. The van der Waals surface area contributed by atoms with Gasteiger partial charge in [0.2, 0.25) is 0 Å². The number of β-amino-alcohol motifs (C(OH)–C–C–N with tert-alkyl or cyclic N) is 1. The number of halogens is 6. The third kappa shape index (κ3) is 5.61. The molecule has 1 aliphatic heterocycles. The Morgan fingerprint density at radius 2 is 1.59 bits per heavy atom. The zero-order valence-electron chi connectivity index (χ0n) is 18.6. The van der Waals surface area contributed by atoms with Gasteiger partial charge in [0.15, 0.2) is 5.78 Å². The van der Waals surface area contributed by atoms with E-state index in [4.69, 9.17) is 4.74 Å². The summed E-state index contributed by atoms with van der Waals surface area (Å²) in [6.45, 7) is 2.48. The Morgan fingerprint density at radius 1 is 1.03 bits per heavy atom. The highest BCUT2D eigenvalue weighted by Gasteiger charge is 2.45. The average Bonchev–Trinajstić information content (AvgIpc) is 2.78. The maximum absolute atomic E-state index is 13.2. The van der Waals surface area contributed by atoms with E-state index in [1.165, 1.54) is 13.8 Å². The molecule has 0 aliphatic carbocycles. The number of hydrogen-bond acceptors (Lipinski definition) is 4. The number of carbonyl (C=O) groups is 1. The maximum atomic E-state index is 13.2. The number of benzene rings is 2. The number of alkyl halides is 6. The lowest BCUT2D eigenvalue weighted by molar-refractivity contribution is -0.143. The smallest absolute Gasteiger partial charge is 0.381 e. The van der Waals surface area contributed by atoms with Crippen LogP contribution in [0.5, 0.6) is 0 Å². The Hall–Kier alpha value is -2.43. The molecule has 0 bridgehead atoms. The molecular weight excluding hydrogens is 464 g/mol. The molecule has 3 rings (SSSR count). The largest absolute Gasteiger partial charge is 0.416 e. The highest BCUT2D eigenvalue weighted by molar-refractivity contribution is 5.85. The Bertz CT molecular complexity index is 979. The van der Waals surface area contributed by atoms with E-state index in [9.17, 15) is 36.2 Å². The molecule has 2 aromatic carbocycles. The van der Waals surface area contributed by atoms with Gasteiger partial charge in [-0.1, -0.05) is 30.3 Å². The lowest BCUT2D eigenvalue weighted by atomic mass is 9.76. The monoisotopic (exact) mass is 489 g/mol. The predicted octanol–water partition coefficient (Wildman–Crippen LogP) is 5.40. The first-order chi connectivity index (χ1) is 15.7.